The van der Waals surface area contributed by atoms with Gasteiger partial charge in [-0.15, -0.1) is 4.52 Å². The molecular formula is C2H6N4S. The van der Waals surface area contributed by atoms with Crippen molar-refractivity contribution in [2.24, 2.45) is 5.84 Å². The van der Waals surface area contributed by atoms with Gasteiger partial charge in [0.05, 0.1) is 11.6 Å². The van der Waals surface area contributed by atoms with Gasteiger partial charge in [0.1, 0.15) is 0 Å². The van der Waals surface area contributed by atoms with Crippen LogP contribution in [0.3, 0.4) is 0 Å². The monoisotopic (exact) mass is 118 g/mol. The molecule has 4 N–H and O–H groups in total. The van der Waals surface area contributed by atoms with E-state index in [1.165, 1.54) is 16.5 Å². The van der Waals surface area contributed by atoms with Gasteiger partial charge in [0, 0.05) is 11.9 Å². The van der Waals surface area contributed by atoms with E-state index in [9.17, 15) is 0 Å². The molecule has 0 amide bonds. The van der Waals surface area contributed by atoms with Crippen LogP contribution in [0.4, 0.5) is 0 Å². The Morgan fingerprint density at radius 1 is 2.00 bits per heavy atom. The Kier molecular flexibility index (Phi) is 1.29. The summed E-state index contributed by atoms with van der Waals surface area (Å²) < 4.78 is 1.32. The topological polar surface area (TPSA) is 65.1 Å². The van der Waals surface area contributed by atoms with E-state index >= 15 is 0 Å². The molecule has 0 aromatic heterocycles. The lowest BCUT2D eigenvalue weighted by Crippen LogP contribution is -2.32. The zero-order valence-corrected chi connectivity index (χ0v) is 4.46. The lowest BCUT2D eigenvalue weighted by atomic mass is 10.7. The average Bonchev–Trinajstić information content (AvgIpc) is 1.87. The third-order valence-corrected chi connectivity index (χ3v) is 1.29. The summed E-state index contributed by atoms with van der Waals surface area (Å²) in [5.74, 6) is 5.17. The van der Waals surface area contributed by atoms with Crippen LogP contribution in [0, 0.1) is 5.41 Å². The molecule has 0 saturated carbocycles. The fourth-order valence-corrected chi connectivity index (χ4v) is 0.829. The zero-order chi connectivity index (χ0) is 5.28. The molecule has 1 fully saturated rings. The molecule has 0 aromatic carbocycles. The minimum absolute atomic E-state index is 0.558. The zero-order valence-electron chi connectivity index (χ0n) is 3.64. The van der Waals surface area contributed by atoms with Gasteiger partial charge in [-0.05, 0) is 0 Å². The predicted molar refractivity (Wildman–Crippen MR) is 29.3 cm³/mol. The highest BCUT2D eigenvalue weighted by molar-refractivity contribution is 8.12. The van der Waals surface area contributed by atoms with Crippen molar-refractivity contribution in [1.82, 2.24) is 9.95 Å². The van der Waals surface area contributed by atoms with Gasteiger partial charge in [-0.2, -0.15) is 0 Å². The van der Waals surface area contributed by atoms with Gasteiger partial charge < -0.3 is 0 Å². The Balaban J connectivity index is 2.40. The Morgan fingerprint density at radius 2 is 2.71 bits per heavy atom. The highest BCUT2D eigenvalue weighted by atomic mass is 32.2. The SMILES string of the molecule is N=C1CNN(N)S1. The first kappa shape index (κ1) is 5.04. The molecule has 1 aliphatic heterocycles. The van der Waals surface area contributed by atoms with E-state index in [0.29, 0.717) is 11.6 Å². The molecule has 1 heterocycles. The molecule has 0 atom stereocenters. The largest absolute Gasteiger partial charge is 0.296 e. The van der Waals surface area contributed by atoms with Gasteiger partial charge in [0.25, 0.3) is 0 Å². The summed E-state index contributed by atoms with van der Waals surface area (Å²) in [5.41, 5.74) is 2.72. The fraction of sp³-hybridized carbons (Fsp3) is 0.500. The van der Waals surface area contributed by atoms with Crippen LogP contribution in [0.2, 0.25) is 0 Å². The van der Waals surface area contributed by atoms with Crippen molar-refractivity contribution < 1.29 is 0 Å². The summed E-state index contributed by atoms with van der Waals surface area (Å²) in [6, 6.07) is 0. The van der Waals surface area contributed by atoms with Gasteiger partial charge in [-0.25, -0.2) is 11.3 Å². The van der Waals surface area contributed by atoms with Crippen LogP contribution in [0.25, 0.3) is 0 Å². The molecule has 0 aromatic rings. The van der Waals surface area contributed by atoms with E-state index in [1.807, 2.05) is 0 Å². The van der Waals surface area contributed by atoms with E-state index in [2.05, 4.69) is 5.43 Å². The molecule has 7 heavy (non-hydrogen) atoms. The maximum Gasteiger partial charge on any atom is 0.0974 e. The van der Waals surface area contributed by atoms with Crippen molar-refractivity contribution in [1.29, 1.82) is 5.41 Å². The number of hydrazine groups is 2. The summed E-state index contributed by atoms with van der Waals surface area (Å²) in [6.45, 7) is 0.571. The first-order chi connectivity index (χ1) is 3.29. The highest BCUT2D eigenvalue weighted by Gasteiger charge is 2.11. The van der Waals surface area contributed by atoms with Gasteiger partial charge >= 0.3 is 0 Å². The van der Waals surface area contributed by atoms with Gasteiger partial charge in [-0.3, -0.25) is 5.41 Å². The van der Waals surface area contributed by atoms with Crippen LogP contribution >= 0.6 is 11.9 Å². The van der Waals surface area contributed by atoms with Crippen molar-refractivity contribution in [2.75, 3.05) is 6.54 Å². The fourth-order valence-electron chi connectivity index (χ4n) is 0.333. The summed E-state index contributed by atoms with van der Waals surface area (Å²) >= 11 is 1.20. The van der Waals surface area contributed by atoms with E-state index in [4.69, 9.17) is 11.3 Å². The molecule has 40 valence electrons. The molecule has 1 aliphatic rings. The van der Waals surface area contributed by atoms with E-state index in [0.717, 1.165) is 0 Å². The second kappa shape index (κ2) is 1.79. The number of hydrogen-bond acceptors (Lipinski definition) is 5. The number of nitrogens with zero attached hydrogens (tertiary/aromatic N) is 1. The lowest BCUT2D eigenvalue weighted by Gasteiger charge is -1.99. The van der Waals surface area contributed by atoms with Crippen LogP contribution in [-0.4, -0.2) is 16.1 Å². The van der Waals surface area contributed by atoms with Gasteiger partial charge in [-0.1, -0.05) is 0 Å². The number of rotatable bonds is 0. The summed E-state index contributed by atoms with van der Waals surface area (Å²) in [7, 11) is 0. The predicted octanol–water partition coefficient (Wildman–Crippen LogP) is -0.694. The summed E-state index contributed by atoms with van der Waals surface area (Å²) in [4.78, 5) is 0. The molecule has 0 bridgehead atoms. The maximum absolute atomic E-state index is 6.96. The van der Waals surface area contributed by atoms with Crippen molar-refractivity contribution in [3.05, 3.63) is 0 Å². The second-order valence-corrected chi connectivity index (χ2v) is 2.24. The highest BCUT2D eigenvalue weighted by Crippen LogP contribution is 2.07. The van der Waals surface area contributed by atoms with Crippen molar-refractivity contribution >= 4 is 17.0 Å². The smallest absolute Gasteiger partial charge is 0.0974 e. The first-order valence-electron chi connectivity index (χ1n) is 1.83. The number of nitrogens with one attached hydrogen (secondary N) is 2. The minimum atomic E-state index is 0.558. The van der Waals surface area contributed by atoms with E-state index in [-0.39, 0.29) is 0 Å². The van der Waals surface area contributed by atoms with Crippen LogP contribution < -0.4 is 11.3 Å². The van der Waals surface area contributed by atoms with Crippen LogP contribution in [0.5, 0.6) is 0 Å². The van der Waals surface area contributed by atoms with Crippen molar-refractivity contribution in [3.8, 4) is 0 Å². The Hall–Kier alpha value is -0.100. The van der Waals surface area contributed by atoms with Crippen LogP contribution in [0.1, 0.15) is 0 Å². The average molecular weight is 118 g/mol. The molecule has 5 heteroatoms. The molecule has 0 radical (unpaired) electrons. The normalized spacial score (nSPS) is 23.9. The minimum Gasteiger partial charge on any atom is -0.296 e. The molecule has 1 rings (SSSR count). The molecule has 0 unspecified atom stereocenters. The molecule has 0 aliphatic carbocycles. The van der Waals surface area contributed by atoms with E-state index in [1.54, 1.807) is 0 Å². The van der Waals surface area contributed by atoms with Crippen molar-refractivity contribution in [3.63, 3.8) is 0 Å². The molecule has 1 saturated heterocycles. The molecule has 0 spiro atoms. The van der Waals surface area contributed by atoms with Crippen molar-refractivity contribution in [2.45, 2.75) is 0 Å². The maximum atomic E-state index is 6.96. The summed E-state index contributed by atoms with van der Waals surface area (Å²) in [5, 5.41) is 7.52. The van der Waals surface area contributed by atoms with E-state index < -0.39 is 0 Å². The molecule has 4 nitrogen and oxygen atoms in total. The number of nitrogens with two attached hydrogens (primary N) is 1. The quantitative estimate of drug-likeness (QED) is 0.291. The summed E-state index contributed by atoms with van der Waals surface area (Å²) in [6.07, 6.45) is 0. The standard InChI is InChI=1S/C2H6N4S/c3-2-1-5-6(4)7-2/h3,5H,1,4H2. The lowest BCUT2D eigenvalue weighted by molar-refractivity contribution is 0.407. The van der Waals surface area contributed by atoms with Crippen LogP contribution in [-0.2, 0) is 0 Å². The Bertz CT molecular complexity index is 91.7. The van der Waals surface area contributed by atoms with Crippen LogP contribution in [0.15, 0.2) is 0 Å². The Labute approximate surface area is 45.6 Å². The Morgan fingerprint density at radius 3 is 2.86 bits per heavy atom. The third kappa shape index (κ3) is 1.13. The third-order valence-electron chi connectivity index (χ3n) is 0.604. The van der Waals surface area contributed by atoms with Gasteiger partial charge in [0.15, 0.2) is 0 Å². The number of hydrogen-bond donors (Lipinski definition) is 3. The van der Waals surface area contributed by atoms with Gasteiger partial charge in [0.2, 0.25) is 0 Å². The second-order valence-electron chi connectivity index (χ2n) is 1.18. The first-order valence-corrected chi connectivity index (χ1v) is 2.60. The molecular weight excluding hydrogens is 112 g/mol.